The summed E-state index contributed by atoms with van der Waals surface area (Å²) < 4.78 is 0. The molecular formula is C13H20N2O2S. The Balaban J connectivity index is 1.89. The summed E-state index contributed by atoms with van der Waals surface area (Å²) in [7, 11) is 0. The standard InChI is InChI=1S/C13H20N2O2S/c1-9(16)15-11-6-7-18-13(11)8-14-10-4-2-3-5-12(10)17/h6-7,10,12,14,17H,2-5,8H2,1H3,(H,15,16). The average Bonchev–Trinajstić information content (AvgIpc) is 2.75. The molecule has 0 bridgehead atoms. The lowest BCUT2D eigenvalue weighted by Gasteiger charge is -2.28. The molecule has 5 heteroatoms. The van der Waals surface area contributed by atoms with Gasteiger partial charge in [0.05, 0.1) is 11.8 Å². The van der Waals surface area contributed by atoms with Crippen LogP contribution >= 0.6 is 11.3 Å². The van der Waals surface area contributed by atoms with E-state index in [0.717, 1.165) is 29.8 Å². The largest absolute Gasteiger partial charge is 0.392 e. The first-order chi connectivity index (χ1) is 8.66. The average molecular weight is 268 g/mol. The van der Waals surface area contributed by atoms with Crippen LogP contribution in [0.4, 0.5) is 5.69 Å². The number of hydrogen-bond donors (Lipinski definition) is 3. The Kier molecular flexibility index (Phi) is 4.74. The summed E-state index contributed by atoms with van der Waals surface area (Å²) in [6, 6.07) is 2.10. The molecule has 1 heterocycles. The number of rotatable bonds is 4. The minimum Gasteiger partial charge on any atom is -0.392 e. The van der Waals surface area contributed by atoms with Crippen LogP contribution in [-0.4, -0.2) is 23.2 Å². The molecule has 2 rings (SSSR count). The summed E-state index contributed by atoms with van der Waals surface area (Å²) in [5.41, 5.74) is 0.880. The number of aliphatic hydroxyl groups is 1. The zero-order valence-electron chi connectivity index (χ0n) is 10.6. The second kappa shape index (κ2) is 6.31. The highest BCUT2D eigenvalue weighted by Crippen LogP contribution is 2.24. The Morgan fingerprint density at radius 2 is 2.28 bits per heavy atom. The Morgan fingerprint density at radius 1 is 1.50 bits per heavy atom. The van der Waals surface area contributed by atoms with E-state index in [-0.39, 0.29) is 18.1 Å². The van der Waals surface area contributed by atoms with Gasteiger partial charge in [-0.05, 0) is 24.3 Å². The molecule has 0 saturated heterocycles. The maximum Gasteiger partial charge on any atom is 0.221 e. The molecule has 1 fully saturated rings. The zero-order chi connectivity index (χ0) is 13.0. The molecule has 2 atom stereocenters. The van der Waals surface area contributed by atoms with E-state index in [0.29, 0.717) is 6.54 Å². The molecule has 1 amide bonds. The first kappa shape index (κ1) is 13.5. The molecule has 0 aliphatic heterocycles. The summed E-state index contributed by atoms with van der Waals surface area (Å²) in [6.45, 7) is 2.22. The van der Waals surface area contributed by atoms with Gasteiger partial charge in [-0.3, -0.25) is 4.79 Å². The lowest BCUT2D eigenvalue weighted by atomic mass is 9.92. The third kappa shape index (κ3) is 3.54. The number of nitrogens with one attached hydrogen (secondary N) is 2. The number of carbonyl (C=O) groups is 1. The van der Waals surface area contributed by atoms with E-state index in [1.54, 1.807) is 11.3 Å². The maximum atomic E-state index is 11.1. The van der Waals surface area contributed by atoms with Crippen LogP contribution in [0.25, 0.3) is 0 Å². The topological polar surface area (TPSA) is 61.4 Å². The smallest absolute Gasteiger partial charge is 0.221 e. The van der Waals surface area contributed by atoms with Gasteiger partial charge in [0.15, 0.2) is 0 Å². The van der Waals surface area contributed by atoms with Gasteiger partial charge < -0.3 is 15.7 Å². The van der Waals surface area contributed by atoms with Crippen molar-refractivity contribution in [3.8, 4) is 0 Å². The van der Waals surface area contributed by atoms with Gasteiger partial charge in [0.1, 0.15) is 0 Å². The van der Waals surface area contributed by atoms with Crippen LogP contribution in [0.1, 0.15) is 37.5 Å². The first-order valence-electron chi connectivity index (χ1n) is 6.42. The summed E-state index contributed by atoms with van der Waals surface area (Å²) in [4.78, 5) is 12.2. The van der Waals surface area contributed by atoms with E-state index >= 15 is 0 Å². The summed E-state index contributed by atoms with van der Waals surface area (Å²) in [5, 5.41) is 18.1. The van der Waals surface area contributed by atoms with Crippen LogP contribution < -0.4 is 10.6 Å². The molecule has 1 aromatic heterocycles. The predicted octanol–water partition coefficient (Wildman–Crippen LogP) is 2.10. The fourth-order valence-electron chi connectivity index (χ4n) is 2.35. The third-order valence-electron chi connectivity index (χ3n) is 3.31. The number of aliphatic hydroxyl groups excluding tert-OH is 1. The Hall–Kier alpha value is -0.910. The van der Waals surface area contributed by atoms with E-state index in [1.807, 2.05) is 11.4 Å². The van der Waals surface area contributed by atoms with Gasteiger partial charge in [-0.15, -0.1) is 11.3 Å². The van der Waals surface area contributed by atoms with Gasteiger partial charge in [0.25, 0.3) is 0 Å². The second-order valence-electron chi connectivity index (χ2n) is 4.78. The molecule has 1 aromatic rings. The Labute approximate surface area is 111 Å². The molecule has 0 aromatic carbocycles. The molecule has 100 valence electrons. The Morgan fingerprint density at radius 3 is 3.00 bits per heavy atom. The van der Waals surface area contributed by atoms with Crippen molar-refractivity contribution in [1.29, 1.82) is 0 Å². The minimum absolute atomic E-state index is 0.0487. The number of thiophene rings is 1. The van der Waals surface area contributed by atoms with Crippen molar-refractivity contribution in [2.75, 3.05) is 5.32 Å². The number of amides is 1. The van der Waals surface area contributed by atoms with Gasteiger partial charge in [0.2, 0.25) is 5.91 Å². The summed E-state index contributed by atoms with van der Waals surface area (Å²) in [5.74, 6) is -0.0487. The fourth-order valence-corrected chi connectivity index (χ4v) is 3.13. The molecule has 2 unspecified atom stereocenters. The predicted molar refractivity (Wildman–Crippen MR) is 73.7 cm³/mol. The summed E-state index contributed by atoms with van der Waals surface area (Å²) in [6.07, 6.45) is 3.98. The number of carbonyl (C=O) groups excluding carboxylic acids is 1. The monoisotopic (exact) mass is 268 g/mol. The molecule has 1 aliphatic carbocycles. The molecule has 18 heavy (non-hydrogen) atoms. The van der Waals surface area contributed by atoms with Crippen molar-refractivity contribution in [1.82, 2.24) is 5.32 Å². The molecule has 0 spiro atoms. The summed E-state index contributed by atoms with van der Waals surface area (Å²) >= 11 is 1.62. The third-order valence-corrected chi connectivity index (χ3v) is 4.23. The lowest BCUT2D eigenvalue weighted by Crippen LogP contribution is -2.41. The van der Waals surface area contributed by atoms with Crippen LogP contribution in [0, 0.1) is 0 Å². The highest BCUT2D eigenvalue weighted by molar-refractivity contribution is 7.10. The van der Waals surface area contributed by atoms with E-state index in [9.17, 15) is 9.90 Å². The lowest BCUT2D eigenvalue weighted by molar-refractivity contribution is -0.114. The molecule has 4 nitrogen and oxygen atoms in total. The van der Waals surface area contributed by atoms with Crippen molar-refractivity contribution in [2.24, 2.45) is 0 Å². The first-order valence-corrected chi connectivity index (χ1v) is 7.30. The van der Waals surface area contributed by atoms with Crippen molar-refractivity contribution in [3.63, 3.8) is 0 Å². The zero-order valence-corrected chi connectivity index (χ0v) is 11.4. The maximum absolute atomic E-state index is 11.1. The normalized spacial score (nSPS) is 23.9. The van der Waals surface area contributed by atoms with E-state index in [2.05, 4.69) is 10.6 Å². The second-order valence-corrected chi connectivity index (χ2v) is 5.78. The van der Waals surface area contributed by atoms with Gasteiger partial charge in [-0.1, -0.05) is 12.8 Å². The minimum atomic E-state index is -0.233. The molecular weight excluding hydrogens is 248 g/mol. The van der Waals surface area contributed by atoms with Crippen LogP contribution in [0.2, 0.25) is 0 Å². The Bertz CT molecular complexity index is 405. The quantitative estimate of drug-likeness (QED) is 0.783. The van der Waals surface area contributed by atoms with Crippen molar-refractivity contribution < 1.29 is 9.90 Å². The molecule has 3 N–H and O–H groups in total. The number of hydrogen-bond acceptors (Lipinski definition) is 4. The SMILES string of the molecule is CC(=O)Nc1ccsc1CNC1CCCCC1O. The van der Waals surface area contributed by atoms with Gasteiger partial charge in [-0.25, -0.2) is 0 Å². The van der Waals surface area contributed by atoms with Crippen LogP contribution in [0.5, 0.6) is 0 Å². The van der Waals surface area contributed by atoms with E-state index in [4.69, 9.17) is 0 Å². The molecule has 1 saturated carbocycles. The van der Waals surface area contributed by atoms with Crippen molar-refractivity contribution >= 4 is 22.9 Å². The van der Waals surface area contributed by atoms with E-state index < -0.39 is 0 Å². The highest BCUT2D eigenvalue weighted by Gasteiger charge is 2.22. The van der Waals surface area contributed by atoms with Gasteiger partial charge in [-0.2, -0.15) is 0 Å². The van der Waals surface area contributed by atoms with E-state index in [1.165, 1.54) is 13.3 Å². The highest BCUT2D eigenvalue weighted by atomic mass is 32.1. The van der Waals surface area contributed by atoms with Crippen LogP contribution in [0.15, 0.2) is 11.4 Å². The van der Waals surface area contributed by atoms with Crippen LogP contribution in [0.3, 0.4) is 0 Å². The fraction of sp³-hybridized carbons (Fsp3) is 0.615. The van der Waals surface area contributed by atoms with Crippen LogP contribution in [-0.2, 0) is 11.3 Å². The van der Waals surface area contributed by atoms with Crippen molar-refractivity contribution in [3.05, 3.63) is 16.3 Å². The van der Waals surface area contributed by atoms with Gasteiger partial charge >= 0.3 is 0 Å². The number of anilines is 1. The van der Waals surface area contributed by atoms with Crippen molar-refractivity contribution in [2.45, 2.75) is 51.3 Å². The molecule has 0 radical (unpaired) electrons. The molecule has 1 aliphatic rings. The van der Waals surface area contributed by atoms with Gasteiger partial charge in [0, 0.05) is 24.4 Å².